The molecule has 0 N–H and O–H groups in total. The van der Waals surface area contributed by atoms with Crippen LogP contribution in [0, 0.1) is 0 Å². The molecule has 0 bridgehead atoms. The van der Waals surface area contributed by atoms with Gasteiger partial charge in [0.1, 0.15) is 10.3 Å². The van der Waals surface area contributed by atoms with Crippen molar-refractivity contribution in [3.63, 3.8) is 0 Å². The van der Waals surface area contributed by atoms with Crippen molar-refractivity contribution in [1.29, 1.82) is 0 Å². The molecule has 2 aliphatic rings. The van der Waals surface area contributed by atoms with E-state index in [9.17, 15) is 4.79 Å². The summed E-state index contributed by atoms with van der Waals surface area (Å²) >= 11 is 1.50. The number of hydrogen-bond acceptors (Lipinski definition) is 6. The third-order valence-electron chi connectivity index (χ3n) is 6.34. The Balaban J connectivity index is 1.55. The molecule has 0 spiro atoms. The van der Waals surface area contributed by atoms with Crippen molar-refractivity contribution in [3.8, 4) is 0 Å². The fourth-order valence-electron chi connectivity index (χ4n) is 4.71. The average Bonchev–Trinajstić information content (AvgIpc) is 3.31. The van der Waals surface area contributed by atoms with Crippen molar-refractivity contribution in [2.24, 2.45) is 0 Å². The molecule has 2 aromatic heterocycles. The van der Waals surface area contributed by atoms with Crippen molar-refractivity contribution >= 4 is 27.6 Å². The maximum atomic E-state index is 12.8. The first-order valence-corrected chi connectivity index (χ1v) is 11.2. The predicted molar refractivity (Wildman–Crippen MR) is 114 cm³/mol. The fraction of sp³-hybridized carbons (Fsp3) is 0.667. The Labute approximate surface area is 171 Å². The third-order valence-corrected chi connectivity index (χ3v) is 7.43. The molecule has 1 unspecified atom stereocenters. The van der Waals surface area contributed by atoms with E-state index >= 15 is 0 Å². The van der Waals surface area contributed by atoms with Crippen molar-refractivity contribution in [2.75, 3.05) is 40.3 Å². The quantitative estimate of drug-likeness (QED) is 0.788. The summed E-state index contributed by atoms with van der Waals surface area (Å²) in [7, 11) is 3.64. The van der Waals surface area contributed by atoms with Crippen LogP contribution in [0.25, 0.3) is 10.3 Å². The zero-order valence-electron chi connectivity index (χ0n) is 17.4. The summed E-state index contributed by atoms with van der Waals surface area (Å²) in [4.78, 5) is 30.5. The molecule has 1 amide bonds. The molecule has 152 valence electrons. The van der Waals surface area contributed by atoms with E-state index in [1.54, 1.807) is 17.3 Å². The molecule has 28 heavy (non-hydrogen) atoms. The number of aromatic nitrogens is 2. The SMILES string of the molecule is CC(C)N1CCC(N2CCC(c3c(C(=O)N(C)C)sc4nccnc34)C2)CC1. The molecule has 0 aromatic carbocycles. The van der Waals surface area contributed by atoms with Crippen LogP contribution in [0.4, 0.5) is 0 Å². The highest BCUT2D eigenvalue weighted by atomic mass is 32.1. The minimum atomic E-state index is 0.0727. The molecule has 0 saturated carbocycles. The van der Waals surface area contributed by atoms with Crippen LogP contribution in [-0.4, -0.2) is 82.9 Å². The Morgan fingerprint density at radius 1 is 1.14 bits per heavy atom. The molecule has 2 aliphatic heterocycles. The first kappa shape index (κ1) is 19.7. The molecule has 0 aliphatic carbocycles. The van der Waals surface area contributed by atoms with Crippen LogP contribution in [-0.2, 0) is 0 Å². The number of carbonyl (C=O) groups is 1. The van der Waals surface area contributed by atoms with Gasteiger partial charge in [-0.2, -0.15) is 0 Å². The van der Waals surface area contributed by atoms with Gasteiger partial charge in [-0.1, -0.05) is 0 Å². The average molecular weight is 402 g/mol. The van der Waals surface area contributed by atoms with Gasteiger partial charge in [-0.3, -0.25) is 14.7 Å². The number of thiophene rings is 1. The van der Waals surface area contributed by atoms with Gasteiger partial charge in [-0.05, 0) is 52.7 Å². The lowest BCUT2D eigenvalue weighted by atomic mass is 9.97. The van der Waals surface area contributed by atoms with E-state index in [1.807, 2.05) is 14.1 Å². The minimum Gasteiger partial charge on any atom is -0.344 e. The number of carbonyl (C=O) groups excluding carboxylic acids is 1. The molecule has 4 heterocycles. The van der Waals surface area contributed by atoms with Gasteiger partial charge in [-0.15, -0.1) is 11.3 Å². The summed E-state index contributed by atoms with van der Waals surface area (Å²) in [6.07, 6.45) is 7.06. The Morgan fingerprint density at radius 2 is 1.86 bits per heavy atom. The molecule has 2 aromatic rings. The molecule has 6 nitrogen and oxygen atoms in total. The number of piperidine rings is 1. The molecule has 4 rings (SSSR count). The standard InChI is InChI=1S/C21H31N5OS/c1-14(2)25-11-6-16(7-12-25)26-10-5-15(13-26)17-18-20(23-9-8-22-18)28-19(17)21(27)24(3)4/h8-9,14-16H,5-7,10-13H2,1-4H3. The predicted octanol–water partition coefficient (Wildman–Crippen LogP) is 3.06. The summed E-state index contributed by atoms with van der Waals surface area (Å²) in [5.74, 6) is 0.441. The molecule has 2 fully saturated rings. The summed E-state index contributed by atoms with van der Waals surface area (Å²) in [5, 5.41) is 0. The molecule has 0 radical (unpaired) electrons. The largest absolute Gasteiger partial charge is 0.344 e. The number of rotatable bonds is 4. The smallest absolute Gasteiger partial charge is 0.263 e. The lowest BCUT2D eigenvalue weighted by Gasteiger charge is -2.38. The Kier molecular flexibility index (Phi) is 5.67. The Morgan fingerprint density at radius 3 is 2.54 bits per heavy atom. The number of hydrogen-bond donors (Lipinski definition) is 0. The summed E-state index contributed by atoms with van der Waals surface area (Å²) < 4.78 is 0. The maximum Gasteiger partial charge on any atom is 0.263 e. The third kappa shape index (κ3) is 3.67. The van der Waals surface area contributed by atoms with E-state index in [4.69, 9.17) is 0 Å². The Bertz CT molecular complexity index is 840. The molecular formula is C21H31N5OS. The van der Waals surface area contributed by atoms with Crippen molar-refractivity contribution < 1.29 is 4.79 Å². The summed E-state index contributed by atoms with van der Waals surface area (Å²) in [5.41, 5.74) is 2.06. The van der Waals surface area contributed by atoms with Gasteiger partial charge in [0.2, 0.25) is 0 Å². The van der Waals surface area contributed by atoms with E-state index in [0.717, 1.165) is 40.3 Å². The highest BCUT2D eigenvalue weighted by Crippen LogP contribution is 2.40. The van der Waals surface area contributed by atoms with E-state index in [1.165, 1.54) is 37.3 Å². The highest BCUT2D eigenvalue weighted by molar-refractivity contribution is 7.20. The van der Waals surface area contributed by atoms with Crippen LogP contribution in [0.15, 0.2) is 12.4 Å². The Hall–Kier alpha value is -1.57. The van der Waals surface area contributed by atoms with Gasteiger partial charge in [-0.25, -0.2) is 4.98 Å². The van der Waals surface area contributed by atoms with Crippen molar-refractivity contribution in [3.05, 3.63) is 22.8 Å². The van der Waals surface area contributed by atoms with Crippen molar-refractivity contribution in [1.82, 2.24) is 24.7 Å². The first-order chi connectivity index (χ1) is 13.5. The fourth-order valence-corrected chi connectivity index (χ4v) is 5.92. The second kappa shape index (κ2) is 8.05. The molecular weight excluding hydrogens is 370 g/mol. The number of nitrogens with zero attached hydrogens (tertiary/aromatic N) is 5. The van der Waals surface area contributed by atoms with Crippen LogP contribution in [0.1, 0.15) is 54.3 Å². The lowest BCUT2D eigenvalue weighted by Crippen LogP contribution is -2.46. The second-order valence-corrected chi connectivity index (χ2v) is 9.60. The van der Waals surface area contributed by atoms with Crippen LogP contribution in [0.3, 0.4) is 0 Å². The van der Waals surface area contributed by atoms with Gasteiger partial charge in [0.25, 0.3) is 5.91 Å². The zero-order valence-corrected chi connectivity index (χ0v) is 18.2. The van der Waals surface area contributed by atoms with Gasteiger partial charge < -0.3 is 9.80 Å². The molecule has 7 heteroatoms. The van der Waals surface area contributed by atoms with E-state index < -0.39 is 0 Å². The number of likely N-dealkylation sites (tertiary alicyclic amines) is 2. The van der Waals surface area contributed by atoms with Crippen LogP contribution < -0.4 is 0 Å². The van der Waals surface area contributed by atoms with Crippen LogP contribution in [0.5, 0.6) is 0 Å². The molecule has 1 atom stereocenters. The van der Waals surface area contributed by atoms with Gasteiger partial charge in [0.05, 0.1) is 4.88 Å². The zero-order chi connectivity index (χ0) is 19.8. The van der Waals surface area contributed by atoms with Crippen molar-refractivity contribution in [2.45, 2.75) is 51.1 Å². The van der Waals surface area contributed by atoms with Gasteiger partial charge >= 0.3 is 0 Å². The second-order valence-electron chi connectivity index (χ2n) is 8.60. The van der Waals surface area contributed by atoms with E-state index in [2.05, 4.69) is 33.6 Å². The number of amides is 1. The van der Waals surface area contributed by atoms with E-state index in [0.29, 0.717) is 18.0 Å². The maximum absolute atomic E-state index is 12.8. The minimum absolute atomic E-state index is 0.0727. The van der Waals surface area contributed by atoms with Gasteiger partial charge in [0.15, 0.2) is 0 Å². The lowest BCUT2D eigenvalue weighted by molar-refractivity contribution is 0.0830. The van der Waals surface area contributed by atoms with Crippen LogP contribution >= 0.6 is 11.3 Å². The monoisotopic (exact) mass is 401 g/mol. The van der Waals surface area contributed by atoms with E-state index in [-0.39, 0.29) is 5.91 Å². The normalized spacial score (nSPS) is 22.4. The summed E-state index contributed by atoms with van der Waals surface area (Å²) in [6, 6.07) is 1.31. The highest BCUT2D eigenvalue weighted by Gasteiger charge is 2.35. The van der Waals surface area contributed by atoms with Gasteiger partial charge in [0, 0.05) is 56.6 Å². The summed E-state index contributed by atoms with van der Waals surface area (Å²) in [6.45, 7) is 9.12. The topological polar surface area (TPSA) is 52.6 Å². The first-order valence-electron chi connectivity index (χ1n) is 10.4. The number of fused-ring (bicyclic) bond motifs is 1. The molecule has 2 saturated heterocycles. The van der Waals surface area contributed by atoms with Crippen LogP contribution in [0.2, 0.25) is 0 Å².